The Morgan fingerprint density at radius 2 is 1.34 bits per heavy atom. The summed E-state index contributed by atoms with van der Waals surface area (Å²) in [6, 6.07) is 0. The fourth-order valence-corrected chi connectivity index (χ4v) is 3.68. The zero-order valence-electron chi connectivity index (χ0n) is 20.6. The molecule has 0 spiro atoms. The van der Waals surface area contributed by atoms with Gasteiger partial charge in [0.1, 0.15) is 0 Å². The standard InChI is InChI=1S/C22H38O8S.K.H/c1-2-3-4-5-6-7-8-9-10-11-12-13-14-15-16-17-21(25)30-22(26)19(18-20(23)24)31(27,28)29;;/h9-10,19H,2-8,11-18H2,1H3,(H,23,24)(H,27,28,29);;/q;+1;-1/b10-9-;;. The number of aliphatic carboxylic acids is 1. The molecule has 0 aromatic heterocycles. The first-order valence-corrected chi connectivity index (χ1v) is 12.8. The van der Waals surface area contributed by atoms with Crippen molar-refractivity contribution in [2.75, 3.05) is 0 Å². The summed E-state index contributed by atoms with van der Waals surface area (Å²) in [5.74, 6) is -4.10. The van der Waals surface area contributed by atoms with Gasteiger partial charge in [0, 0.05) is 6.42 Å². The molecular formula is C22H39KO8S. The van der Waals surface area contributed by atoms with Crippen LogP contribution < -0.4 is 51.4 Å². The summed E-state index contributed by atoms with van der Waals surface area (Å²) in [4.78, 5) is 33.9. The number of carbonyl (C=O) groups is 3. The van der Waals surface area contributed by atoms with Crippen molar-refractivity contribution in [1.29, 1.82) is 0 Å². The number of carboxylic acid groups (broad SMARTS) is 1. The van der Waals surface area contributed by atoms with E-state index in [1.807, 2.05) is 0 Å². The molecule has 1 atom stereocenters. The predicted molar refractivity (Wildman–Crippen MR) is 119 cm³/mol. The van der Waals surface area contributed by atoms with Crippen LogP contribution in [0.25, 0.3) is 0 Å². The molecule has 2 N–H and O–H groups in total. The minimum Gasteiger partial charge on any atom is -1.00 e. The van der Waals surface area contributed by atoms with Crippen LogP contribution in [0.3, 0.4) is 0 Å². The number of esters is 2. The van der Waals surface area contributed by atoms with Crippen LogP contribution in [0, 0.1) is 0 Å². The van der Waals surface area contributed by atoms with Gasteiger partial charge in [0.2, 0.25) is 0 Å². The molecule has 0 saturated carbocycles. The second kappa shape index (κ2) is 21.4. The molecule has 0 aromatic rings. The Hall–Kier alpha value is -0.104. The molecular weight excluding hydrogens is 463 g/mol. The van der Waals surface area contributed by atoms with E-state index in [1.165, 1.54) is 38.5 Å². The Labute approximate surface area is 236 Å². The maximum absolute atomic E-state index is 11.6. The van der Waals surface area contributed by atoms with Gasteiger partial charge in [-0.3, -0.25) is 18.9 Å². The van der Waals surface area contributed by atoms with Crippen LogP contribution in [0.2, 0.25) is 0 Å². The van der Waals surface area contributed by atoms with Gasteiger partial charge < -0.3 is 11.3 Å². The molecule has 0 aliphatic heterocycles. The fourth-order valence-electron chi connectivity index (χ4n) is 3.04. The largest absolute Gasteiger partial charge is 1.00 e. The molecule has 0 saturated heterocycles. The Bertz CT molecular complexity index is 667. The van der Waals surface area contributed by atoms with E-state index in [9.17, 15) is 22.8 Å². The van der Waals surface area contributed by atoms with Crippen molar-refractivity contribution in [2.24, 2.45) is 0 Å². The smallest absolute Gasteiger partial charge is 1.00 e. The average Bonchev–Trinajstić information content (AvgIpc) is 2.68. The first-order valence-electron chi connectivity index (χ1n) is 11.3. The SMILES string of the molecule is CCCCCCCC/C=C\CCCCCCCC(=O)OC(=O)C(CC(=O)O)S(=O)(=O)O.[H-].[K+]. The summed E-state index contributed by atoms with van der Waals surface area (Å²) in [5.41, 5.74) is 0. The first kappa shape index (κ1) is 34.1. The summed E-state index contributed by atoms with van der Waals surface area (Å²) in [7, 11) is -4.97. The number of unbranched alkanes of at least 4 members (excludes halogenated alkanes) is 11. The molecule has 0 heterocycles. The van der Waals surface area contributed by atoms with Crippen molar-refractivity contribution in [3.63, 3.8) is 0 Å². The maximum Gasteiger partial charge on any atom is 1.00 e. The summed E-state index contributed by atoms with van der Waals surface area (Å²) in [6.45, 7) is 2.22. The van der Waals surface area contributed by atoms with Gasteiger partial charge in [-0.1, -0.05) is 70.4 Å². The number of allylic oxidation sites excluding steroid dienone is 2. The van der Waals surface area contributed by atoms with Crippen molar-refractivity contribution in [3.8, 4) is 0 Å². The number of carboxylic acids is 1. The van der Waals surface area contributed by atoms with E-state index in [1.54, 1.807) is 0 Å². The van der Waals surface area contributed by atoms with E-state index in [2.05, 4.69) is 23.8 Å². The maximum atomic E-state index is 11.6. The van der Waals surface area contributed by atoms with Crippen molar-refractivity contribution in [1.82, 2.24) is 0 Å². The molecule has 8 nitrogen and oxygen atoms in total. The minimum atomic E-state index is -4.97. The molecule has 0 bridgehead atoms. The van der Waals surface area contributed by atoms with E-state index < -0.39 is 39.7 Å². The third kappa shape index (κ3) is 20.5. The second-order valence-corrected chi connectivity index (χ2v) is 9.33. The Morgan fingerprint density at radius 1 is 0.875 bits per heavy atom. The first-order chi connectivity index (χ1) is 14.7. The van der Waals surface area contributed by atoms with E-state index >= 15 is 0 Å². The molecule has 1 unspecified atom stereocenters. The molecule has 0 amide bonds. The quantitative estimate of drug-likeness (QED) is 0.0683. The number of ether oxygens (including phenoxy) is 1. The van der Waals surface area contributed by atoms with Gasteiger partial charge in [-0.05, 0) is 32.1 Å². The molecule has 32 heavy (non-hydrogen) atoms. The van der Waals surface area contributed by atoms with Crippen LogP contribution in [-0.2, 0) is 29.2 Å². The zero-order valence-corrected chi connectivity index (χ0v) is 23.5. The molecule has 0 radical (unpaired) electrons. The number of carbonyl (C=O) groups excluding carboxylic acids is 2. The Balaban J connectivity index is -0.00000450. The van der Waals surface area contributed by atoms with Crippen LogP contribution in [0.5, 0.6) is 0 Å². The summed E-state index contributed by atoms with van der Waals surface area (Å²) < 4.78 is 35.4. The van der Waals surface area contributed by atoms with Gasteiger partial charge in [-0.2, -0.15) is 8.42 Å². The van der Waals surface area contributed by atoms with E-state index in [-0.39, 0.29) is 59.2 Å². The van der Waals surface area contributed by atoms with Gasteiger partial charge in [0.25, 0.3) is 10.1 Å². The van der Waals surface area contributed by atoms with Gasteiger partial charge in [-0.15, -0.1) is 0 Å². The van der Waals surface area contributed by atoms with Crippen LogP contribution in [-0.4, -0.2) is 41.2 Å². The van der Waals surface area contributed by atoms with Gasteiger partial charge in [-0.25, -0.2) is 0 Å². The molecule has 0 rings (SSSR count). The van der Waals surface area contributed by atoms with Gasteiger partial charge >= 0.3 is 69.3 Å². The molecule has 0 aromatic carbocycles. The van der Waals surface area contributed by atoms with Crippen LogP contribution in [0.1, 0.15) is 105 Å². The number of hydrogen-bond donors (Lipinski definition) is 2. The zero-order chi connectivity index (χ0) is 23.5. The van der Waals surface area contributed by atoms with Gasteiger partial charge in [0.15, 0.2) is 5.25 Å². The monoisotopic (exact) mass is 502 g/mol. The molecule has 0 aliphatic rings. The Kier molecular flexibility index (Phi) is 22.8. The Morgan fingerprint density at radius 3 is 1.81 bits per heavy atom. The predicted octanol–water partition coefficient (Wildman–Crippen LogP) is 1.94. The van der Waals surface area contributed by atoms with Crippen LogP contribution in [0.15, 0.2) is 12.2 Å². The molecule has 0 aliphatic carbocycles. The summed E-state index contributed by atoms with van der Waals surface area (Å²) in [6.07, 6.45) is 17.5. The fraction of sp³-hybridized carbons (Fsp3) is 0.773. The van der Waals surface area contributed by atoms with Crippen LogP contribution in [0.4, 0.5) is 0 Å². The average molecular weight is 503 g/mol. The normalized spacial score (nSPS) is 12.3. The molecule has 0 fully saturated rings. The molecule has 182 valence electrons. The third-order valence-corrected chi connectivity index (χ3v) is 5.92. The van der Waals surface area contributed by atoms with Crippen molar-refractivity contribution >= 4 is 28.0 Å². The topological polar surface area (TPSA) is 135 Å². The van der Waals surface area contributed by atoms with Crippen LogP contribution >= 0.6 is 0 Å². The third-order valence-electron chi connectivity index (χ3n) is 4.84. The second-order valence-electron chi connectivity index (χ2n) is 7.73. The minimum absolute atomic E-state index is 0. The number of rotatable bonds is 19. The molecule has 10 heteroatoms. The van der Waals surface area contributed by atoms with E-state index in [0.29, 0.717) is 6.42 Å². The summed E-state index contributed by atoms with van der Waals surface area (Å²) >= 11 is 0. The van der Waals surface area contributed by atoms with Crippen molar-refractivity contribution in [2.45, 2.75) is 108 Å². The van der Waals surface area contributed by atoms with Crippen molar-refractivity contribution in [3.05, 3.63) is 12.2 Å². The summed E-state index contributed by atoms with van der Waals surface area (Å²) in [5, 5.41) is 6.31. The van der Waals surface area contributed by atoms with Gasteiger partial charge in [0.05, 0.1) is 6.42 Å². The van der Waals surface area contributed by atoms with Crippen molar-refractivity contribution < 1.29 is 90.0 Å². The van der Waals surface area contributed by atoms with E-state index in [4.69, 9.17) is 9.66 Å². The van der Waals surface area contributed by atoms with E-state index in [0.717, 1.165) is 38.5 Å². The number of hydrogen-bond acceptors (Lipinski definition) is 6.